The van der Waals surface area contributed by atoms with E-state index in [1.165, 1.54) is 0 Å². The first kappa shape index (κ1) is 41.2. The smallest absolute Gasteiger partial charge is 0.335 e. The number of halogens is 1. The maximum absolute atomic E-state index is 13.3. The predicted molar refractivity (Wildman–Crippen MR) is 227 cm³/mol. The topological polar surface area (TPSA) is 157 Å². The van der Waals surface area contributed by atoms with Crippen molar-refractivity contribution in [2.75, 3.05) is 20.2 Å². The van der Waals surface area contributed by atoms with Crippen LogP contribution >= 0.6 is 11.6 Å². The van der Waals surface area contributed by atoms with E-state index >= 15 is 0 Å². The minimum Gasteiger partial charge on any atom is -0.497 e. The Bertz CT molecular complexity index is 2290. The molecule has 1 aromatic heterocycles. The number of unbranched alkanes of at least 4 members (excludes halogenated alkanes) is 1. The number of hydrogen-bond donors (Lipinski definition) is 3. The van der Waals surface area contributed by atoms with Crippen molar-refractivity contribution in [2.24, 2.45) is 4.99 Å². The van der Waals surface area contributed by atoms with Gasteiger partial charge in [-0.2, -0.15) is 0 Å². The number of carboxylic acid groups (broad SMARTS) is 1. The van der Waals surface area contributed by atoms with Gasteiger partial charge < -0.3 is 24.6 Å². The van der Waals surface area contributed by atoms with Gasteiger partial charge >= 0.3 is 5.97 Å². The molecule has 0 bridgehead atoms. The first-order valence-electron chi connectivity index (χ1n) is 18.8. The van der Waals surface area contributed by atoms with Crippen LogP contribution in [0.1, 0.15) is 68.8 Å². The number of aromatic carboxylic acids is 1. The van der Waals surface area contributed by atoms with Crippen molar-refractivity contribution < 1.29 is 28.3 Å². The first-order chi connectivity index (χ1) is 27.2. The molecule has 2 amide bonds. The summed E-state index contributed by atoms with van der Waals surface area (Å²) in [6, 6.07) is 27.1. The number of amides is 2. The van der Waals surface area contributed by atoms with Crippen LogP contribution < -0.4 is 25.7 Å². The average Bonchev–Trinajstić information content (AvgIpc) is 3.51. The summed E-state index contributed by atoms with van der Waals surface area (Å²) in [5.41, 5.74) is 4.01. The van der Waals surface area contributed by atoms with E-state index in [9.17, 15) is 19.5 Å². The van der Waals surface area contributed by atoms with Crippen molar-refractivity contribution in [3.63, 3.8) is 0 Å². The van der Waals surface area contributed by atoms with Crippen LogP contribution in [0.4, 0.5) is 0 Å². The molecule has 1 atom stereocenters. The largest absolute Gasteiger partial charge is 0.497 e. The van der Waals surface area contributed by atoms with Crippen LogP contribution in [0.15, 0.2) is 96.0 Å². The number of methoxy groups -OCH3 is 1. The molecule has 5 aromatic rings. The molecule has 0 spiro atoms. The van der Waals surface area contributed by atoms with Crippen LogP contribution in [0.5, 0.6) is 5.75 Å². The van der Waals surface area contributed by atoms with Crippen molar-refractivity contribution in [3.05, 3.63) is 130 Å². The normalized spacial score (nSPS) is 13.8. The zero-order valence-electron chi connectivity index (χ0n) is 32.9. The molecule has 57 heavy (non-hydrogen) atoms. The van der Waals surface area contributed by atoms with E-state index in [4.69, 9.17) is 25.4 Å². The zero-order chi connectivity index (χ0) is 40.9. The lowest BCUT2D eigenvalue weighted by Crippen LogP contribution is -2.57. The maximum Gasteiger partial charge on any atom is 0.335 e. The second kappa shape index (κ2) is 17.4. The standard InChI is InChI=1S/C42H47ClN6O6Si2/c1-27-47-48-40-36(46-39(28-9-15-31(43)16-10-28)35-25-32(54-2)17-22-37(35)49(27)40)26-38(50)44-23-7-8-24-45-41(51)29-11-18-33(19-12-29)56(3,4)55-57(5,6)34-20-13-30(14-21-34)42(52)53/h9-22,25,36H,7-8,23-24,26H2,1-6H3,(H,44,50)(H,45,51)(H,52,53). The molecule has 6 rings (SSSR count). The molecule has 0 aliphatic carbocycles. The number of carboxylic acids is 1. The number of nitrogens with zero attached hydrogens (tertiary/aromatic N) is 4. The number of aromatic nitrogens is 3. The van der Waals surface area contributed by atoms with Gasteiger partial charge in [0.2, 0.25) is 22.5 Å². The Morgan fingerprint density at radius 1 is 0.807 bits per heavy atom. The van der Waals surface area contributed by atoms with E-state index in [1.807, 2.05) is 90.4 Å². The zero-order valence-corrected chi connectivity index (χ0v) is 35.7. The van der Waals surface area contributed by atoms with Crippen molar-refractivity contribution in [1.82, 2.24) is 25.4 Å². The number of benzene rings is 4. The van der Waals surface area contributed by atoms with E-state index in [0.717, 1.165) is 27.2 Å². The highest BCUT2D eigenvalue weighted by Crippen LogP contribution is 2.34. The number of hydrogen-bond acceptors (Lipinski definition) is 8. The van der Waals surface area contributed by atoms with E-state index in [1.54, 1.807) is 19.2 Å². The van der Waals surface area contributed by atoms with Gasteiger partial charge in [0.1, 0.15) is 17.6 Å². The molecule has 0 fully saturated rings. The van der Waals surface area contributed by atoms with E-state index in [0.29, 0.717) is 59.6 Å². The maximum atomic E-state index is 13.3. The molecule has 0 radical (unpaired) electrons. The fourth-order valence-electron chi connectivity index (χ4n) is 7.00. The van der Waals surface area contributed by atoms with Crippen LogP contribution in [0.25, 0.3) is 5.69 Å². The first-order valence-corrected chi connectivity index (χ1v) is 25.0. The summed E-state index contributed by atoms with van der Waals surface area (Å²) in [4.78, 5) is 42.7. The Balaban J connectivity index is 1.01. The van der Waals surface area contributed by atoms with Gasteiger partial charge in [0.05, 0.1) is 30.5 Å². The van der Waals surface area contributed by atoms with Crippen LogP contribution in [0.2, 0.25) is 31.2 Å². The minimum absolute atomic E-state index is 0.0668. The van der Waals surface area contributed by atoms with Gasteiger partial charge in [0.15, 0.2) is 5.82 Å². The number of rotatable bonds is 15. The number of aryl methyl sites for hydroxylation is 1. The van der Waals surface area contributed by atoms with Crippen molar-refractivity contribution >= 4 is 62.1 Å². The minimum atomic E-state index is -2.36. The van der Waals surface area contributed by atoms with E-state index in [-0.39, 0.29) is 23.8 Å². The van der Waals surface area contributed by atoms with E-state index in [2.05, 4.69) is 47.0 Å². The summed E-state index contributed by atoms with van der Waals surface area (Å²) < 4.78 is 14.3. The fourth-order valence-corrected chi connectivity index (χ4v) is 15.1. The Kier molecular flexibility index (Phi) is 12.6. The van der Waals surface area contributed by atoms with Gasteiger partial charge in [0, 0.05) is 34.8 Å². The third kappa shape index (κ3) is 9.59. The Morgan fingerprint density at radius 3 is 2.00 bits per heavy atom. The highest BCUT2D eigenvalue weighted by Gasteiger charge is 2.36. The van der Waals surface area contributed by atoms with Gasteiger partial charge in [-0.3, -0.25) is 19.1 Å². The molecule has 4 aromatic carbocycles. The molecule has 1 aliphatic rings. The third-order valence-corrected chi connectivity index (χ3v) is 17.8. The monoisotopic (exact) mass is 822 g/mol. The predicted octanol–water partition coefficient (Wildman–Crippen LogP) is 6.09. The lowest BCUT2D eigenvalue weighted by molar-refractivity contribution is -0.121. The quantitative estimate of drug-likeness (QED) is 0.0847. The second-order valence-corrected chi connectivity index (χ2v) is 23.4. The highest BCUT2D eigenvalue weighted by atomic mass is 35.5. The summed E-state index contributed by atoms with van der Waals surface area (Å²) >= 11 is 6.22. The molecule has 0 saturated carbocycles. The average molecular weight is 823 g/mol. The van der Waals surface area contributed by atoms with Crippen molar-refractivity contribution in [2.45, 2.75) is 58.4 Å². The molecule has 12 nitrogen and oxygen atoms in total. The summed E-state index contributed by atoms with van der Waals surface area (Å²) in [7, 11) is -3.08. The molecular formula is C42H47ClN6O6Si2. The molecule has 2 heterocycles. The molecule has 0 saturated heterocycles. The van der Waals surface area contributed by atoms with Crippen LogP contribution in [-0.2, 0) is 8.91 Å². The Morgan fingerprint density at radius 2 is 1.40 bits per heavy atom. The molecular weight excluding hydrogens is 776 g/mol. The lowest BCUT2D eigenvalue weighted by Gasteiger charge is -2.34. The van der Waals surface area contributed by atoms with Crippen LogP contribution in [0.3, 0.4) is 0 Å². The number of nitrogens with one attached hydrogen (secondary N) is 2. The second-order valence-electron chi connectivity index (χ2n) is 14.9. The summed E-state index contributed by atoms with van der Waals surface area (Å²) in [6.07, 6.45) is 1.42. The van der Waals surface area contributed by atoms with Crippen molar-refractivity contribution in [1.29, 1.82) is 0 Å². The number of carbonyl (C=O) groups is 3. The Labute approximate surface area is 339 Å². The fraction of sp³-hybridized carbons (Fsp3) is 0.286. The van der Waals surface area contributed by atoms with Crippen molar-refractivity contribution in [3.8, 4) is 11.4 Å². The lowest BCUT2D eigenvalue weighted by atomic mass is 10.00. The SMILES string of the molecule is COc1ccc2c(c1)C(c1ccc(Cl)cc1)=NC(CC(=O)NCCCCNC(=O)c1ccc([Si](C)(C)O[Si](C)(C)c3ccc(C(=O)O)cc3)cc1)c1nnc(C)n1-2. The highest BCUT2D eigenvalue weighted by molar-refractivity contribution is 6.96. The van der Waals surface area contributed by atoms with Crippen LogP contribution in [-0.4, -0.2) is 80.2 Å². The summed E-state index contributed by atoms with van der Waals surface area (Å²) in [5, 5.41) is 26.7. The number of ether oxygens (including phenoxy) is 1. The molecule has 296 valence electrons. The molecule has 15 heteroatoms. The summed E-state index contributed by atoms with van der Waals surface area (Å²) in [6.45, 7) is 11.3. The van der Waals surface area contributed by atoms with Gasteiger partial charge in [-0.1, -0.05) is 48.0 Å². The third-order valence-electron chi connectivity index (χ3n) is 10.0. The summed E-state index contributed by atoms with van der Waals surface area (Å²) in [5.74, 6) is 0.631. The Hall–Kier alpha value is -5.42. The number of carbonyl (C=O) groups excluding carboxylic acids is 2. The van der Waals surface area contributed by atoms with Gasteiger partial charge in [0.25, 0.3) is 5.91 Å². The van der Waals surface area contributed by atoms with Crippen LogP contribution in [0, 0.1) is 6.92 Å². The van der Waals surface area contributed by atoms with E-state index < -0.39 is 28.6 Å². The number of aliphatic imine (C=N–C) groups is 1. The van der Waals surface area contributed by atoms with Gasteiger partial charge in [-0.25, -0.2) is 4.79 Å². The molecule has 3 N–H and O–H groups in total. The molecule has 1 unspecified atom stereocenters. The molecule has 1 aliphatic heterocycles. The van der Waals surface area contributed by atoms with Gasteiger partial charge in [-0.05, 0) is 111 Å². The van der Waals surface area contributed by atoms with Gasteiger partial charge in [-0.15, -0.1) is 10.2 Å². The number of fused-ring (bicyclic) bond motifs is 3.